The third-order valence-electron chi connectivity index (χ3n) is 8.80. The highest BCUT2D eigenvalue weighted by Gasteiger charge is 2.39. The Morgan fingerprint density at radius 3 is 1.81 bits per heavy atom. The Labute approximate surface area is 297 Å². The number of nitrogens with zero attached hydrogens (tertiary/aromatic N) is 4. The number of carboxylic acid groups (broad SMARTS) is 1. The second kappa shape index (κ2) is 16.3. The van der Waals surface area contributed by atoms with Gasteiger partial charge in [0.1, 0.15) is 5.82 Å². The maximum atomic E-state index is 13.2. The Hall–Kier alpha value is -4.40. The first kappa shape index (κ1) is 41.4. The number of carbonyl (C=O) groups is 2. The van der Waals surface area contributed by atoms with E-state index < -0.39 is 50.5 Å². The van der Waals surface area contributed by atoms with Crippen molar-refractivity contribution in [1.29, 1.82) is 0 Å². The van der Waals surface area contributed by atoms with Crippen LogP contribution >= 0.6 is 0 Å². The average molecular weight is 787 g/mol. The van der Waals surface area contributed by atoms with Crippen molar-refractivity contribution in [3.8, 4) is 0 Å². The van der Waals surface area contributed by atoms with Gasteiger partial charge in [-0.1, -0.05) is 12.1 Å². The van der Waals surface area contributed by atoms with Crippen LogP contribution in [0.1, 0.15) is 43.7 Å². The van der Waals surface area contributed by atoms with Crippen LogP contribution in [0.2, 0.25) is 0 Å². The minimum Gasteiger partial charge on any atom is -0.475 e. The van der Waals surface area contributed by atoms with Crippen molar-refractivity contribution in [2.24, 2.45) is 11.8 Å². The zero-order chi connectivity index (χ0) is 39.4. The third kappa shape index (κ3) is 11.3. The number of hydrogen-bond donors (Lipinski definition) is 3. The molecule has 53 heavy (non-hydrogen) atoms. The van der Waals surface area contributed by atoms with Crippen LogP contribution < -0.4 is 14.9 Å². The van der Waals surface area contributed by atoms with Crippen LogP contribution in [0.25, 0.3) is 10.9 Å². The summed E-state index contributed by atoms with van der Waals surface area (Å²) in [5, 5.41) is 11.4. The molecule has 1 saturated heterocycles. The number of para-hydroxylation sites is 1. The number of sulfonamides is 1. The molecule has 3 N–H and O–H groups in total. The van der Waals surface area contributed by atoms with Crippen molar-refractivity contribution >= 4 is 44.6 Å². The number of alkyl halides is 9. The molecule has 1 aromatic heterocycles. The molecule has 292 valence electrons. The number of nitrogens with one attached hydrogen (secondary N) is 2. The van der Waals surface area contributed by atoms with Gasteiger partial charge in [-0.05, 0) is 67.9 Å². The lowest BCUT2D eigenvalue weighted by molar-refractivity contribution is -0.192. The highest BCUT2D eigenvalue weighted by molar-refractivity contribution is 7.89. The number of benzene rings is 2. The first-order valence-electron chi connectivity index (χ1n) is 16.1. The maximum Gasteiger partial charge on any atom is 0.490 e. The van der Waals surface area contributed by atoms with E-state index in [-0.39, 0.29) is 42.5 Å². The topological polar surface area (TPSA) is 145 Å². The molecule has 1 saturated carbocycles. The summed E-state index contributed by atoms with van der Waals surface area (Å²) >= 11 is 0. The van der Waals surface area contributed by atoms with Gasteiger partial charge in [0, 0.05) is 51.6 Å². The highest BCUT2D eigenvalue weighted by atomic mass is 32.2. The molecule has 2 heterocycles. The van der Waals surface area contributed by atoms with E-state index in [9.17, 15) is 52.7 Å². The fourth-order valence-electron chi connectivity index (χ4n) is 5.88. The molecule has 21 heteroatoms. The molecule has 11 nitrogen and oxygen atoms in total. The van der Waals surface area contributed by atoms with Crippen molar-refractivity contribution in [1.82, 2.24) is 19.6 Å². The lowest BCUT2D eigenvalue weighted by Crippen LogP contribution is -2.48. The SMILES string of the molecule is CC(=O)N1CCN(c2nc(NCC3CCC(CNS(=O)(=O)c4cc(C(F)(F)F)cc(C(F)(F)F)c4)CC3)nc3ccccc23)CC1.O=C(O)C(F)(F)F. The first-order chi connectivity index (χ1) is 24.5. The maximum absolute atomic E-state index is 13.2. The van der Waals surface area contributed by atoms with Crippen molar-refractivity contribution in [3.63, 3.8) is 0 Å². The predicted molar refractivity (Wildman–Crippen MR) is 173 cm³/mol. The number of aliphatic carboxylic acids is 1. The lowest BCUT2D eigenvalue weighted by atomic mass is 9.82. The fraction of sp³-hybridized carbons (Fsp3) is 0.500. The minimum absolute atomic E-state index is 0.0388. The van der Waals surface area contributed by atoms with Crippen LogP contribution in [0.3, 0.4) is 0 Å². The molecule has 0 bridgehead atoms. The van der Waals surface area contributed by atoms with E-state index >= 15 is 0 Å². The molecule has 1 aliphatic carbocycles. The van der Waals surface area contributed by atoms with Crippen molar-refractivity contribution in [3.05, 3.63) is 53.6 Å². The summed E-state index contributed by atoms with van der Waals surface area (Å²) in [6.07, 6.45) is -12.7. The van der Waals surface area contributed by atoms with Gasteiger partial charge in [0.2, 0.25) is 21.9 Å². The minimum atomic E-state index is -5.15. The number of anilines is 2. The summed E-state index contributed by atoms with van der Waals surface area (Å²) in [5.41, 5.74) is -2.59. The molecule has 0 atom stereocenters. The Morgan fingerprint density at radius 2 is 1.32 bits per heavy atom. The fourth-order valence-corrected chi connectivity index (χ4v) is 7.07. The number of hydrogen-bond acceptors (Lipinski definition) is 8. The number of fused-ring (bicyclic) bond motifs is 1. The molecule has 2 aromatic carbocycles. The molecular weight excluding hydrogens is 751 g/mol. The predicted octanol–water partition coefficient (Wildman–Crippen LogP) is 6.17. The van der Waals surface area contributed by atoms with E-state index in [4.69, 9.17) is 14.9 Å². The Kier molecular flexibility index (Phi) is 12.7. The first-order valence-corrected chi connectivity index (χ1v) is 17.6. The zero-order valence-corrected chi connectivity index (χ0v) is 28.8. The van der Waals surface area contributed by atoms with Gasteiger partial charge >= 0.3 is 24.5 Å². The Bertz CT molecular complexity index is 1840. The number of aromatic nitrogens is 2. The largest absolute Gasteiger partial charge is 0.490 e. The molecule has 3 aromatic rings. The summed E-state index contributed by atoms with van der Waals surface area (Å²) in [7, 11) is -4.63. The van der Waals surface area contributed by atoms with Crippen LogP contribution in [0.5, 0.6) is 0 Å². The van der Waals surface area contributed by atoms with Crippen LogP contribution in [-0.2, 0) is 32.0 Å². The summed E-state index contributed by atoms with van der Waals surface area (Å²) in [5.74, 6) is -1.36. The summed E-state index contributed by atoms with van der Waals surface area (Å²) in [6.45, 7) is 4.51. The van der Waals surface area contributed by atoms with Crippen LogP contribution in [-0.4, -0.2) is 85.7 Å². The summed E-state index contributed by atoms with van der Waals surface area (Å²) < 4.78 is 139. The normalized spacial score (nSPS) is 18.7. The molecule has 5 rings (SSSR count). The molecule has 1 amide bonds. The van der Waals surface area contributed by atoms with E-state index in [0.717, 1.165) is 29.6 Å². The van der Waals surface area contributed by atoms with Crippen LogP contribution in [0, 0.1) is 11.8 Å². The van der Waals surface area contributed by atoms with Crippen molar-refractivity contribution in [2.75, 3.05) is 49.5 Å². The molecule has 0 spiro atoms. The van der Waals surface area contributed by atoms with Gasteiger partial charge in [-0.3, -0.25) is 4.79 Å². The zero-order valence-electron chi connectivity index (χ0n) is 27.9. The number of carbonyl (C=O) groups excluding carboxylic acids is 1. The van der Waals surface area contributed by atoms with E-state index in [1.807, 2.05) is 24.3 Å². The smallest absolute Gasteiger partial charge is 0.475 e. The van der Waals surface area contributed by atoms with Crippen LogP contribution in [0.4, 0.5) is 51.3 Å². The van der Waals surface area contributed by atoms with E-state index in [1.54, 1.807) is 11.8 Å². The molecule has 0 radical (unpaired) electrons. The Morgan fingerprint density at radius 1 is 0.811 bits per heavy atom. The summed E-state index contributed by atoms with van der Waals surface area (Å²) in [6, 6.07) is 8.02. The highest BCUT2D eigenvalue weighted by Crippen LogP contribution is 2.37. The quantitative estimate of drug-likeness (QED) is 0.229. The van der Waals surface area contributed by atoms with Gasteiger partial charge in [0.05, 0.1) is 21.5 Å². The van der Waals surface area contributed by atoms with E-state index in [1.165, 1.54) is 0 Å². The number of piperazine rings is 1. The molecule has 0 unspecified atom stereocenters. The van der Waals surface area contributed by atoms with E-state index in [2.05, 4.69) is 19.9 Å². The summed E-state index contributed by atoms with van der Waals surface area (Å²) in [4.78, 5) is 33.0. The monoisotopic (exact) mass is 786 g/mol. The van der Waals surface area contributed by atoms with Crippen molar-refractivity contribution in [2.45, 2.75) is 56.0 Å². The van der Waals surface area contributed by atoms with E-state index in [0.29, 0.717) is 51.5 Å². The lowest BCUT2D eigenvalue weighted by Gasteiger charge is -2.35. The van der Waals surface area contributed by atoms with Crippen molar-refractivity contribution < 1.29 is 62.6 Å². The second-order valence-corrected chi connectivity index (χ2v) is 14.3. The average Bonchev–Trinajstić information content (AvgIpc) is 3.09. The third-order valence-corrected chi connectivity index (χ3v) is 10.2. The molecule has 1 aliphatic heterocycles. The number of amides is 1. The number of carboxylic acids is 1. The number of rotatable bonds is 8. The van der Waals surface area contributed by atoms with Gasteiger partial charge in [-0.25, -0.2) is 22.9 Å². The van der Waals surface area contributed by atoms with Gasteiger partial charge < -0.3 is 20.2 Å². The molecular formula is C32H35F9N6O5S. The van der Waals surface area contributed by atoms with Gasteiger partial charge in [-0.2, -0.15) is 44.5 Å². The molecule has 2 fully saturated rings. The van der Waals surface area contributed by atoms with Crippen LogP contribution in [0.15, 0.2) is 47.4 Å². The second-order valence-electron chi connectivity index (χ2n) is 12.5. The Balaban J connectivity index is 0.000000815. The number of halogens is 9. The standard InChI is InChI=1S/C30H34F6N6O3S.C2HF3O2/c1-19(43)41-10-12-42(13-11-41)27-25-4-2-3-5-26(25)39-28(40-27)37-17-20-6-8-21(9-7-20)18-38-46(44,45)24-15-22(29(31,32)33)14-23(16-24)30(34,35)36;3-2(4,5)1(6)7/h2-5,14-16,20-21,38H,6-13,17-18H2,1H3,(H,37,39,40);(H,6,7). The van der Waals surface area contributed by atoms with Gasteiger partial charge in [-0.15, -0.1) is 0 Å². The van der Waals surface area contributed by atoms with Gasteiger partial charge in [0.25, 0.3) is 0 Å². The van der Waals surface area contributed by atoms with Gasteiger partial charge in [0.15, 0.2) is 0 Å². The molecule has 2 aliphatic rings.